The van der Waals surface area contributed by atoms with E-state index in [-0.39, 0.29) is 12.3 Å². The van der Waals surface area contributed by atoms with Gasteiger partial charge in [0, 0.05) is 11.8 Å². The Morgan fingerprint density at radius 3 is 2.84 bits per heavy atom. The lowest BCUT2D eigenvalue weighted by Crippen LogP contribution is -2.14. The minimum Gasteiger partial charge on any atom is -0.495 e. The summed E-state index contributed by atoms with van der Waals surface area (Å²) in [5.41, 5.74) is 1.20. The van der Waals surface area contributed by atoms with Crippen LogP contribution in [0.2, 0.25) is 5.02 Å². The molecule has 1 aromatic carbocycles. The number of rotatable bonds is 4. The van der Waals surface area contributed by atoms with Gasteiger partial charge in [-0.2, -0.15) is 0 Å². The Morgan fingerprint density at radius 1 is 1.47 bits per heavy atom. The van der Waals surface area contributed by atoms with Gasteiger partial charge in [-0.25, -0.2) is 0 Å². The van der Waals surface area contributed by atoms with Gasteiger partial charge in [0.25, 0.3) is 0 Å². The first-order chi connectivity index (χ1) is 9.08. The normalized spacial score (nSPS) is 10.3. The monoisotopic (exact) mass is 280 g/mol. The number of aromatic nitrogens is 1. The molecule has 6 heteroatoms. The average Bonchev–Trinajstić information content (AvgIpc) is 2.74. The number of benzene rings is 1. The van der Waals surface area contributed by atoms with E-state index < -0.39 is 0 Å². The maximum atomic E-state index is 11.8. The van der Waals surface area contributed by atoms with Crippen LogP contribution in [0.1, 0.15) is 11.5 Å². The van der Waals surface area contributed by atoms with Crippen molar-refractivity contribution in [3.8, 4) is 5.75 Å². The van der Waals surface area contributed by atoms with E-state index in [1.165, 1.54) is 7.11 Å². The molecular formula is C13H13ClN2O3. The highest BCUT2D eigenvalue weighted by atomic mass is 35.5. The Hall–Kier alpha value is -2.01. The van der Waals surface area contributed by atoms with Gasteiger partial charge < -0.3 is 14.6 Å². The summed E-state index contributed by atoms with van der Waals surface area (Å²) in [4.78, 5) is 11.8. The van der Waals surface area contributed by atoms with Crippen LogP contribution >= 0.6 is 11.6 Å². The van der Waals surface area contributed by atoms with E-state index in [9.17, 15) is 4.79 Å². The van der Waals surface area contributed by atoms with Crippen molar-refractivity contribution in [2.24, 2.45) is 0 Å². The molecule has 0 aliphatic rings. The number of carbonyl (C=O) groups excluding carboxylic acids is 1. The van der Waals surface area contributed by atoms with Crippen molar-refractivity contribution in [2.45, 2.75) is 13.3 Å². The van der Waals surface area contributed by atoms with Crippen LogP contribution in [0.5, 0.6) is 5.75 Å². The summed E-state index contributed by atoms with van der Waals surface area (Å²) in [5.74, 6) is 1.05. The van der Waals surface area contributed by atoms with Gasteiger partial charge in [-0.05, 0) is 25.1 Å². The maximum Gasteiger partial charge on any atom is 0.230 e. The molecule has 1 aromatic heterocycles. The van der Waals surface area contributed by atoms with Gasteiger partial charge in [-0.15, -0.1) is 0 Å². The number of anilines is 1. The fourth-order valence-electron chi connectivity index (χ4n) is 1.62. The number of hydrogen-bond donors (Lipinski definition) is 1. The number of hydrogen-bond acceptors (Lipinski definition) is 4. The summed E-state index contributed by atoms with van der Waals surface area (Å²) < 4.78 is 9.93. The minimum atomic E-state index is -0.186. The van der Waals surface area contributed by atoms with Crippen molar-refractivity contribution in [2.75, 3.05) is 12.4 Å². The van der Waals surface area contributed by atoms with Crippen LogP contribution in [-0.2, 0) is 11.2 Å². The quantitative estimate of drug-likeness (QED) is 0.935. The van der Waals surface area contributed by atoms with Crippen LogP contribution in [0.25, 0.3) is 0 Å². The molecule has 0 saturated carbocycles. The van der Waals surface area contributed by atoms with E-state index in [4.69, 9.17) is 20.9 Å². The first-order valence-electron chi connectivity index (χ1n) is 5.64. The van der Waals surface area contributed by atoms with E-state index in [1.807, 2.05) is 0 Å². The first-order valence-corrected chi connectivity index (χ1v) is 6.02. The zero-order chi connectivity index (χ0) is 13.8. The van der Waals surface area contributed by atoms with Crippen molar-refractivity contribution in [3.05, 3.63) is 40.7 Å². The number of ether oxygens (including phenoxy) is 1. The number of amides is 1. The molecule has 5 nitrogen and oxygen atoms in total. The molecule has 0 atom stereocenters. The van der Waals surface area contributed by atoms with Gasteiger partial charge in [-0.3, -0.25) is 4.79 Å². The third-order valence-corrected chi connectivity index (χ3v) is 2.75. The van der Waals surface area contributed by atoms with Gasteiger partial charge in [0.05, 0.1) is 24.2 Å². The van der Waals surface area contributed by atoms with Gasteiger partial charge in [0.15, 0.2) is 0 Å². The smallest absolute Gasteiger partial charge is 0.230 e. The highest BCUT2D eigenvalue weighted by Crippen LogP contribution is 2.27. The molecule has 1 N–H and O–H groups in total. The van der Waals surface area contributed by atoms with Gasteiger partial charge in [0.1, 0.15) is 11.5 Å². The summed E-state index contributed by atoms with van der Waals surface area (Å²) in [5, 5.41) is 6.93. The van der Waals surface area contributed by atoms with Crippen LogP contribution in [0, 0.1) is 6.92 Å². The number of nitrogens with one attached hydrogen (secondary N) is 1. The molecular weight excluding hydrogens is 268 g/mol. The minimum absolute atomic E-state index is 0.154. The lowest BCUT2D eigenvalue weighted by molar-refractivity contribution is -0.115. The number of aryl methyl sites for hydroxylation is 1. The molecule has 0 saturated heterocycles. The summed E-state index contributed by atoms with van der Waals surface area (Å²) in [6.45, 7) is 1.78. The van der Waals surface area contributed by atoms with E-state index >= 15 is 0 Å². The summed E-state index contributed by atoms with van der Waals surface area (Å²) >= 11 is 5.97. The molecule has 0 fully saturated rings. The van der Waals surface area contributed by atoms with Gasteiger partial charge in [0.2, 0.25) is 5.91 Å². The first kappa shape index (κ1) is 13.4. The van der Waals surface area contributed by atoms with Crippen molar-refractivity contribution in [1.82, 2.24) is 5.16 Å². The van der Waals surface area contributed by atoms with Crippen molar-refractivity contribution >= 4 is 23.2 Å². The topological polar surface area (TPSA) is 64.4 Å². The Morgan fingerprint density at radius 2 is 2.26 bits per heavy atom. The Bertz CT molecular complexity index is 595. The van der Waals surface area contributed by atoms with Crippen molar-refractivity contribution in [1.29, 1.82) is 0 Å². The summed E-state index contributed by atoms with van der Waals surface area (Å²) in [6.07, 6.45) is 0.154. The van der Waals surface area contributed by atoms with Crippen LogP contribution in [0.15, 0.2) is 28.8 Å². The Kier molecular flexibility index (Phi) is 4.06. The second-order valence-corrected chi connectivity index (χ2v) is 4.41. The molecule has 0 aliphatic heterocycles. The molecule has 1 heterocycles. The van der Waals surface area contributed by atoms with Crippen LogP contribution in [0.4, 0.5) is 5.69 Å². The summed E-state index contributed by atoms with van der Waals surface area (Å²) in [6, 6.07) is 6.77. The molecule has 2 aromatic rings. The fraction of sp³-hybridized carbons (Fsp3) is 0.231. The third-order valence-electron chi connectivity index (χ3n) is 2.45. The zero-order valence-corrected chi connectivity index (χ0v) is 11.3. The molecule has 0 bridgehead atoms. The van der Waals surface area contributed by atoms with E-state index in [2.05, 4.69) is 10.5 Å². The fourth-order valence-corrected chi connectivity index (χ4v) is 1.87. The van der Waals surface area contributed by atoms with E-state index in [0.717, 1.165) is 0 Å². The molecule has 2 rings (SSSR count). The molecule has 19 heavy (non-hydrogen) atoms. The van der Waals surface area contributed by atoms with Gasteiger partial charge in [-0.1, -0.05) is 16.8 Å². The second kappa shape index (κ2) is 5.75. The van der Waals surface area contributed by atoms with Crippen LogP contribution < -0.4 is 10.1 Å². The zero-order valence-electron chi connectivity index (χ0n) is 10.6. The molecule has 0 unspecified atom stereocenters. The Labute approximate surface area is 115 Å². The standard InChI is InChI=1S/C13H13ClN2O3/c1-8-5-10(16-19-8)7-13(17)15-9-3-4-12(18-2)11(14)6-9/h3-6H,7H2,1-2H3,(H,15,17). The maximum absolute atomic E-state index is 11.8. The third kappa shape index (κ3) is 3.48. The van der Waals surface area contributed by atoms with E-state index in [1.54, 1.807) is 31.2 Å². The average molecular weight is 281 g/mol. The lowest BCUT2D eigenvalue weighted by Gasteiger charge is -2.07. The molecule has 100 valence electrons. The largest absolute Gasteiger partial charge is 0.495 e. The molecule has 0 spiro atoms. The molecule has 0 radical (unpaired) electrons. The van der Waals surface area contributed by atoms with Crippen LogP contribution in [0.3, 0.4) is 0 Å². The molecule has 0 aliphatic carbocycles. The number of halogens is 1. The second-order valence-electron chi connectivity index (χ2n) is 4.00. The number of methoxy groups -OCH3 is 1. The van der Waals surface area contributed by atoms with E-state index in [0.29, 0.717) is 27.9 Å². The van der Waals surface area contributed by atoms with Crippen LogP contribution in [-0.4, -0.2) is 18.2 Å². The van der Waals surface area contributed by atoms with Gasteiger partial charge >= 0.3 is 0 Å². The lowest BCUT2D eigenvalue weighted by atomic mass is 10.2. The molecule has 1 amide bonds. The highest BCUT2D eigenvalue weighted by Gasteiger charge is 2.09. The SMILES string of the molecule is COc1ccc(NC(=O)Cc2cc(C)on2)cc1Cl. The number of nitrogens with zero attached hydrogens (tertiary/aromatic N) is 1. The summed E-state index contributed by atoms with van der Waals surface area (Å²) in [7, 11) is 1.53. The Balaban J connectivity index is 2.00. The van der Waals surface area contributed by atoms with Crippen molar-refractivity contribution < 1.29 is 14.1 Å². The predicted molar refractivity (Wildman–Crippen MR) is 71.6 cm³/mol. The number of carbonyl (C=O) groups is 1. The highest BCUT2D eigenvalue weighted by molar-refractivity contribution is 6.32. The van der Waals surface area contributed by atoms with Crippen molar-refractivity contribution in [3.63, 3.8) is 0 Å². The predicted octanol–water partition coefficient (Wildman–Crippen LogP) is 2.83.